The van der Waals surface area contributed by atoms with Gasteiger partial charge in [-0.15, -0.1) is 35.9 Å². The second-order valence-corrected chi connectivity index (χ2v) is 17.3. The van der Waals surface area contributed by atoms with Crippen LogP contribution in [-0.4, -0.2) is 18.0 Å². The molecule has 0 aliphatic rings. The van der Waals surface area contributed by atoms with Gasteiger partial charge in [0.15, 0.2) is 0 Å². The van der Waals surface area contributed by atoms with Crippen LogP contribution >= 0.6 is 0 Å². The van der Waals surface area contributed by atoms with Crippen LogP contribution in [0.5, 0.6) is 0 Å². The Kier molecular flexibility index (Phi) is 8.32. The summed E-state index contributed by atoms with van der Waals surface area (Å²) in [6, 6.07) is 37.2. The van der Waals surface area contributed by atoms with E-state index in [1.54, 1.807) is 0 Å². The Labute approximate surface area is 277 Å². The van der Waals surface area contributed by atoms with Gasteiger partial charge in [-0.2, -0.15) is 0 Å². The van der Waals surface area contributed by atoms with E-state index in [1.807, 2.05) is 73.1 Å². The molecule has 0 atom stereocenters. The third-order valence-corrected chi connectivity index (χ3v) is 10.2. The van der Waals surface area contributed by atoms with Crippen LogP contribution in [0.25, 0.3) is 66.4 Å². The Morgan fingerprint density at radius 2 is 1.33 bits per heavy atom. The summed E-state index contributed by atoms with van der Waals surface area (Å²) in [4.78, 5) is 9.18. The standard InChI is InChI=1S/C25H16NO2.C14H16NSi.Ir/c1-14-11-19(26-13-15(14)2)18-12-22-23(16-7-3-5-9-20(16)27-22)24-17-8-4-6-10-21(17)28-25(18)24;1-16(2,3)13-9-10-14(15-11-13)12-7-5-4-6-8-12;/h3-11,13H,1-2H3;4-7,9-11H,1-3H3;/q2*-1;. The Morgan fingerprint density at radius 1 is 0.667 bits per heavy atom. The van der Waals surface area contributed by atoms with Gasteiger partial charge in [0, 0.05) is 37.9 Å². The first-order chi connectivity index (χ1) is 21.3. The molecular formula is C39H32IrN2O2Si-2. The number of pyridine rings is 2. The Hall–Kier alpha value is -4.35. The number of rotatable bonds is 3. The second-order valence-electron chi connectivity index (χ2n) is 12.2. The zero-order valence-electron chi connectivity index (χ0n) is 25.9. The number of furan rings is 2. The Balaban J connectivity index is 0.000000181. The summed E-state index contributed by atoms with van der Waals surface area (Å²) in [7, 11) is -1.23. The first kappa shape index (κ1) is 30.7. The fourth-order valence-corrected chi connectivity index (χ4v) is 6.55. The van der Waals surface area contributed by atoms with Crippen LogP contribution in [0.4, 0.5) is 0 Å². The zero-order valence-corrected chi connectivity index (χ0v) is 29.3. The van der Waals surface area contributed by atoms with Crippen molar-refractivity contribution in [2.75, 3.05) is 0 Å². The van der Waals surface area contributed by atoms with Gasteiger partial charge in [-0.1, -0.05) is 91.4 Å². The van der Waals surface area contributed by atoms with Crippen molar-refractivity contribution in [1.82, 2.24) is 9.97 Å². The van der Waals surface area contributed by atoms with E-state index in [0.29, 0.717) is 0 Å². The molecule has 0 aliphatic carbocycles. The molecule has 0 spiro atoms. The normalized spacial score (nSPS) is 11.5. The molecule has 4 nitrogen and oxygen atoms in total. The third-order valence-electron chi connectivity index (χ3n) is 8.15. The number of aryl methyl sites for hydroxylation is 2. The maximum atomic E-state index is 6.32. The molecule has 0 unspecified atom stereocenters. The number of benzene rings is 4. The topological polar surface area (TPSA) is 52.1 Å². The maximum Gasteiger partial charge on any atom is 0.123 e. The fraction of sp³-hybridized carbons (Fsp3) is 0.128. The molecule has 4 aromatic heterocycles. The van der Waals surface area contributed by atoms with Crippen LogP contribution in [0.3, 0.4) is 0 Å². The molecule has 0 saturated heterocycles. The van der Waals surface area contributed by atoms with Crippen LogP contribution in [0.1, 0.15) is 11.1 Å². The van der Waals surface area contributed by atoms with E-state index in [0.717, 1.165) is 72.0 Å². The summed E-state index contributed by atoms with van der Waals surface area (Å²) in [6.07, 6.45) is 3.91. The summed E-state index contributed by atoms with van der Waals surface area (Å²) in [5.41, 5.74) is 9.33. The smallest absolute Gasteiger partial charge is 0.123 e. The Morgan fingerprint density at radius 3 is 1.98 bits per heavy atom. The van der Waals surface area contributed by atoms with Crippen LogP contribution < -0.4 is 5.19 Å². The van der Waals surface area contributed by atoms with Crippen molar-refractivity contribution < 1.29 is 28.9 Å². The van der Waals surface area contributed by atoms with Crippen LogP contribution in [-0.2, 0) is 20.1 Å². The molecule has 0 fully saturated rings. The van der Waals surface area contributed by atoms with E-state index in [-0.39, 0.29) is 20.1 Å². The fourth-order valence-electron chi connectivity index (χ4n) is 5.51. The zero-order chi connectivity index (χ0) is 30.4. The minimum atomic E-state index is -1.23. The van der Waals surface area contributed by atoms with Gasteiger partial charge in [0.05, 0.1) is 19.2 Å². The quantitative estimate of drug-likeness (QED) is 0.132. The molecule has 8 aromatic rings. The first-order valence-corrected chi connectivity index (χ1v) is 18.3. The van der Waals surface area contributed by atoms with Crippen molar-refractivity contribution in [2.45, 2.75) is 33.5 Å². The SMILES string of the molecule is C[Si](C)(C)c1ccc(-c2[c-]cccc2)nc1.Cc1cnc(-c2[c-]c3oc4ccccc4c3c3c2oc2ccccc23)cc1C.[Ir]. The van der Waals surface area contributed by atoms with Crippen molar-refractivity contribution in [3.05, 3.63) is 127 Å². The van der Waals surface area contributed by atoms with Gasteiger partial charge in [-0.05, 0) is 64.3 Å². The van der Waals surface area contributed by atoms with Crippen molar-refractivity contribution in [1.29, 1.82) is 0 Å². The largest absolute Gasteiger partial charge is 0.501 e. The monoisotopic (exact) mass is 781 g/mol. The number of aromatic nitrogens is 2. The first-order valence-electron chi connectivity index (χ1n) is 14.8. The molecule has 8 rings (SSSR count). The molecule has 225 valence electrons. The van der Waals surface area contributed by atoms with E-state index in [4.69, 9.17) is 8.83 Å². The molecular weight excluding hydrogens is 749 g/mol. The van der Waals surface area contributed by atoms with Gasteiger partial charge in [0.2, 0.25) is 0 Å². The van der Waals surface area contributed by atoms with Crippen LogP contribution in [0.15, 0.2) is 112 Å². The summed E-state index contributed by atoms with van der Waals surface area (Å²) in [6.45, 7) is 11.2. The number of hydrogen-bond donors (Lipinski definition) is 0. The van der Waals surface area contributed by atoms with Crippen molar-refractivity contribution in [3.63, 3.8) is 0 Å². The van der Waals surface area contributed by atoms with Gasteiger partial charge >= 0.3 is 0 Å². The van der Waals surface area contributed by atoms with Crippen molar-refractivity contribution in [2.24, 2.45) is 0 Å². The maximum absolute atomic E-state index is 6.32. The van der Waals surface area contributed by atoms with E-state index >= 15 is 0 Å². The van der Waals surface area contributed by atoms with E-state index in [9.17, 15) is 0 Å². The van der Waals surface area contributed by atoms with Crippen LogP contribution in [0.2, 0.25) is 19.6 Å². The van der Waals surface area contributed by atoms with Gasteiger partial charge in [-0.25, -0.2) is 0 Å². The third kappa shape index (κ3) is 5.77. The molecule has 4 aromatic carbocycles. The average molecular weight is 781 g/mol. The molecule has 0 saturated carbocycles. The van der Waals surface area contributed by atoms with Crippen LogP contribution in [0, 0.1) is 26.0 Å². The molecule has 45 heavy (non-hydrogen) atoms. The van der Waals surface area contributed by atoms with E-state index in [2.05, 4.69) is 85.9 Å². The number of nitrogens with zero attached hydrogens (tertiary/aromatic N) is 2. The van der Waals surface area contributed by atoms with Gasteiger partial charge in [0.1, 0.15) is 11.2 Å². The molecule has 0 aliphatic heterocycles. The Bertz CT molecular complexity index is 2280. The number of fused-ring (bicyclic) bond motifs is 7. The minimum Gasteiger partial charge on any atom is -0.501 e. The van der Waals surface area contributed by atoms with Crippen molar-refractivity contribution in [3.8, 4) is 22.5 Å². The average Bonchev–Trinajstić information content (AvgIpc) is 3.61. The molecule has 1 radical (unpaired) electrons. The number of para-hydroxylation sites is 2. The summed E-state index contributed by atoms with van der Waals surface area (Å²) < 4.78 is 12.5. The second kappa shape index (κ2) is 12.2. The van der Waals surface area contributed by atoms with Crippen molar-refractivity contribution >= 4 is 57.1 Å². The molecule has 0 bridgehead atoms. The van der Waals surface area contributed by atoms with E-state index < -0.39 is 8.07 Å². The molecule has 0 N–H and O–H groups in total. The minimum absolute atomic E-state index is 0. The van der Waals surface area contributed by atoms with Gasteiger partial charge < -0.3 is 18.8 Å². The predicted molar refractivity (Wildman–Crippen MR) is 184 cm³/mol. The summed E-state index contributed by atoms with van der Waals surface area (Å²) >= 11 is 0. The van der Waals surface area contributed by atoms with Gasteiger partial charge in [-0.3, -0.25) is 0 Å². The predicted octanol–water partition coefficient (Wildman–Crippen LogP) is 10.1. The summed E-state index contributed by atoms with van der Waals surface area (Å²) in [5.74, 6) is 0. The molecule has 6 heteroatoms. The number of hydrogen-bond acceptors (Lipinski definition) is 4. The molecule has 4 heterocycles. The van der Waals surface area contributed by atoms with E-state index in [1.165, 1.54) is 10.8 Å². The molecule has 0 amide bonds. The van der Waals surface area contributed by atoms with Gasteiger partial charge in [0.25, 0.3) is 0 Å². The summed E-state index contributed by atoms with van der Waals surface area (Å²) in [5, 5.41) is 5.65.